The van der Waals surface area contributed by atoms with Gasteiger partial charge in [0.1, 0.15) is 5.76 Å². The summed E-state index contributed by atoms with van der Waals surface area (Å²) in [5.41, 5.74) is 3.47. The fraction of sp³-hybridized carbons (Fsp3) is 0.174. The van der Waals surface area contributed by atoms with E-state index >= 15 is 0 Å². The fourth-order valence-corrected chi connectivity index (χ4v) is 4.25. The highest BCUT2D eigenvalue weighted by atomic mass is 32.1. The first-order chi connectivity index (χ1) is 14.0. The molecule has 0 aliphatic carbocycles. The molecule has 146 valence electrons. The lowest BCUT2D eigenvalue weighted by atomic mass is 9.95. The van der Waals surface area contributed by atoms with Gasteiger partial charge in [0, 0.05) is 22.8 Å². The number of amides is 1. The SMILES string of the molecule is Cc1ccc(/C(O)=C2/C(=O)C(=O)N(Cc3cccs3)C2c2ccncc2)cc1C. The Kier molecular flexibility index (Phi) is 5.03. The van der Waals surface area contributed by atoms with Gasteiger partial charge in [0.05, 0.1) is 18.2 Å². The zero-order valence-electron chi connectivity index (χ0n) is 16.1. The number of carbonyl (C=O) groups is 2. The third kappa shape index (κ3) is 3.47. The number of nitrogens with zero attached hydrogens (tertiary/aromatic N) is 2. The van der Waals surface area contributed by atoms with Gasteiger partial charge < -0.3 is 10.0 Å². The molecule has 1 unspecified atom stereocenters. The quantitative estimate of drug-likeness (QED) is 0.398. The number of Topliss-reactive ketones (excluding diaryl/α,β-unsaturated/α-hetero) is 1. The molecule has 3 heterocycles. The van der Waals surface area contributed by atoms with Crippen LogP contribution in [0.5, 0.6) is 0 Å². The highest BCUT2D eigenvalue weighted by molar-refractivity contribution is 7.09. The standard InChI is InChI=1S/C23H20N2O3S/c1-14-5-6-17(12-15(14)2)21(26)19-20(16-7-9-24-10-8-16)25(23(28)22(19)27)13-18-4-3-11-29-18/h3-12,20,26H,13H2,1-2H3/b21-19-. The summed E-state index contributed by atoms with van der Waals surface area (Å²) in [4.78, 5) is 32.4. The van der Waals surface area contributed by atoms with Crippen molar-refractivity contribution >= 4 is 28.8 Å². The Morgan fingerprint density at radius 2 is 1.86 bits per heavy atom. The molecule has 0 saturated carbocycles. The predicted molar refractivity (Wildman–Crippen MR) is 112 cm³/mol. The zero-order valence-corrected chi connectivity index (χ0v) is 16.9. The zero-order chi connectivity index (χ0) is 20.5. The van der Waals surface area contributed by atoms with Crippen LogP contribution in [0.3, 0.4) is 0 Å². The number of aliphatic hydroxyl groups is 1. The van der Waals surface area contributed by atoms with Gasteiger partial charge in [0.2, 0.25) is 0 Å². The van der Waals surface area contributed by atoms with Crippen LogP contribution in [-0.4, -0.2) is 26.7 Å². The molecule has 6 heteroatoms. The van der Waals surface area contributed by atoms with Crippen LogP contribution < -0.4 is 0 Å². The number of pyridine rings is 1. The number of thiophene rings is 1. The minimum atomic E-state index is -0.668. The van der Waals surface area contributed by atoms with Gasteiger partial charge >= 0.3 is 0 Å². The summed E-state index contributed by atoms with van der Waals surface area (Å²) in [5, 5.41) is 13.0. The molecule has 3 aromatic rings. The van der Waals surface area contributed by atoms with Gasteiger partial charge in [-0.15, -0.1) is 11.3 Å². The van der Waals surface area contributed by atoms with Gasteiger partial charge in [0.25, 0.3) is 11.7 Å². The van der Waals surface area contributed by atoms with E-state index < -0.39 is 17.7 Å². The molecular weight excluding hydrogens is 384 g/mol. The number of hydrogen-bond acceptors (Lipinski definition) is 5. The molecule has 4 rings (SSSR count). The van der Waals surface area contributed by atoms with E-state index in [1.165, 1.54) is 16.2 Å². The lowest BCUT2D eigenvalue weighted by molar-refractivity contribution is -0.140. The molecule has 1 saturated heterocycles. The monoisotopic (exact) mass is 404 g/mol. The number of carbonyl (C=O) groups excluding carboxylic acids is 2. The number of benzene rings is 1. The van der Waals surface area contributed by atoms with E-state index in [0.717, 1.165) is 21.6 Å². The molecule has 29 heavy (non-hydrogen) atoms. The molecule has 1 amide bonds. The summed E-state index contributed by atoms with van der Waals surface area (Å²) in [6, 6.07) is 12.2. The second kappa shape index (κ2) is 7.64. The Bertz CT molecular complexity index is 1100. The third-order valence-corrected chi connectivity index (χ3v) is 6.11. The van der Waals surface area contributed by atoms with E-state index in [-0.39, 0.29) is 11.3 Å². The molecule has 0 spiro atoms. The molecular formula is C23H20N2O3S. The second-order valence-electron chi connectivity index (χ2n) is 7.09. The first-order valence-electron chi connectivity index (χ1n) is 9.25. The largest absolute Gasteiger partial charge is 0.507 e. The van der Waals surface area contributed by atoms with Gasteiger partial charge in [-0.2, -0.15) is 0 Å². The van der Waals surface area contributed by atoms with E-state index in [1.54, 1.807) is 30.6 Å². The summed E-state index contributed by atoms with van der Waals surface area (Å²) in [6.45, 7) is 4.23. The lowest BCUT2D eigenvalue weighted by Crippen LogP contribution is -2.28. The smallest absolute Gasteiger partial charge is 0.295 e. The molecule has 1 aliphatic rings. The Morgan fingerprint density at radius 1 is 1.10 bits per heavy atom. The number of ketones is 1. The molecule has 0 radical (unpaired) electrons. The average Bonchev–Trinajstić information content (AvgIpc) is 3.32. The summed E-state index contributed by atoms with van der Waals surface area (Å²) >= 11 is 1.52. The van der Waals surface area contributed by atoms with Crippen molar-refractivity contribution in [3.8, 4) is 0 Å². The summed E-state index contributed by atoms with van der Waals surface area (Å²) < 4.78 is 0. The van der Waals surface area contributed by atoms with E-state index in [2.05, 4.69) is 4.98 Å². The highest BCUT2D eigenvalue weighted by Crippen LogP contribution is 2.40. The third-order valence-electron chi connectivity index (χ3n) is 5.25. The highest BCUT2D eigenvalue weighted by Gasteiger charge is 2.46. The van der Waals surface area contributed by atoms with Crippen molar-refractivity contribution in [3.05, 3.63) is 92.9 Å². The van der Waals surface area contributed by atoms with Crippen LogP contribution in [0.25, 0.3) is 5.76 Å². The second-order valence-corrected chi connectivity index (χ2v) is 8.12. The van der Waals surface area contributed by atoms with Crippen molar-refractivity contribution in [2.24, 2.45) is 0 Å². The minimum Gasteiger partial charge on any atom is -0.507 e. The maximum atomic E-state index is 13.0. The average molecular weight is 404 g/mol. The fourth-order valence-electron chi connectivity index (χ4n) is 3.55. The molecule has 1 fully saturated rings. The first kappa shape index (κ1) is 19.1. The van der Waals surface area contributed by atoms with E-state index in [9.17, 15) is 14.7 Å². The van der Waals surface area contributed by atoms with Gasteiger partial charge in [0.15, 0.2) is 0 Å². The molecule has 0 bridgehead atoms. The number of rotatable bonds is 4. The van der Waals surface area contributed by atoms with Crippen molar-refractivity contribution in [3.63, 3.8) is 0 Å². The number of likely N-dealkylation sites (tertiary alicyclic amines) is 1. The van der Waals surface area contributed by atoms with Gasteiger partial charge in [-0.05, 0) is 60.2 Å². The van der Waals surface area contributed by atoms with Crippen molar-refractivity contribution in [2.45, 2.75) is 26.4 Å². The summed E-state index contributed by atoms with van der Waals surface area (Å²) in [7, 11) is 0. The Hall–Kier alpha value is -3.25. The topological polar surface area (TPSA) is 70.5 Å². The summed E-state index contributed by atoms with van der Waals surface area (Å²) in [6.07, 6.45) is 3.24. The number of aliphatic hydroxyl groups excluding tert-OH is 1. The molecule has 1 N–H and O–H groups in total. The van der Waals surface area contributed by atoms with Gasteiger partial charge in [-0.1, -0.05) is 18.2 Å². The molecule has 2 aromatic heterocycles. The van der Waals surface area contributed by atoms with E-state index in [1.807, 2.05) is 43.5 Å². The van der Waals surface area contributed by atoms with E-state index in [0.29, 0.717) is 12.1 Å². The van der Waals surface area contributed by atoms with Gasteiger partial charge in [-0.25, -0.2) is 0 Å². The lowest BCUT2D eigenvalue weighted by Gasteiger charge is -2.24. The van der Waals surface area contributed by atoms with Crippen LogP contribution in [0.1, 0.15) is 33.2 Å². The van der Waals surface area contributed by atoms with Gasteiger partial charge in [-0.3, -0.25) is 14.6 Å². The number of aromatic nitrogens is 1. The maximum absolute atomic E-state index is 13.0. The van der Waals surface area contributed by atoms with E-state index in [4.69, 9.17) is 0 Å². The molecule has 1 aliphatic heterocycles. The van der Waals surface area contributed by atoms with Crippen molar-refractivity contribution in [1.82, 2.24) is 9.88 Å². The Balaban J connectivity index is 1.87. The number of aryl methyl sites for hydroxylation is 2. The Morgan fingerprint density at radius 3 is 2.52 bits per heavy atom. The van der Waals surface area contributed by atoms with Crippen LogP contribution in [0.2, 0.25) is 0 Å². The maximum Gasteiger partial charge on any atom is 0.295 e. The normalized spacial score (nSPS) is 18.4. The van der Waals surface area contributed by atoms with Crippen molar-refractivity contribution in [1.29, 1.82) is 0 Å². The molecule has 1 atom stereocenters. The predicted octanol–water partition coefficient (Wildman–Crippen LogP) is 4.38. The van der Waals surface area contributed by atoms with Crippen molar-refractivity contribution in [2.75, 3.05) is 0 Å². The van der Waals surface area contributed by atoms with Crippen molar-refractivity contribution < 1.29 is 14.7 Å². The van der Waals surface area contributed by atoms with Crippen LogP contribution >= 0.6 is 11.3 Å². The van der Waals surface area contributed by atoms with Crippen LogP contribution in [0, 0.1) is 13.8 Å². The van der Waals surface area contributed by atoms with Crippen LogP contribution in [0.15, 0.2) is 65.8 Å². The first-order valence-corrected chi connectivity index (χ1v) is 10.1. The minimum absolute atomic E-state index is 0.112. The van der Waals surface area contributed by atoms with Crippen LogP contribution in [0.4, 0.5) is 0 Å². The molecule has 1 aromatic carbocycles. The number of hydrogen-bond donors (Lipinski definition) is 1. The Labute approximate surface area is 173 Å². The van der Waals surface area contributed by atoms with Crippen LogP contribution in [-0.2, 0) is 16.1 Å². The summed E-state index contributed by atoms with van der Waals surface area (Å²) in [5.74, 6) is -1.42. The molecule has 5 nitrogen and oxygen atoms in total.